The van der Waals surface area contributed by atoms with Gasteiger partial charge in [0.15, 0.2) is 0 Å². The minimum atomic E-state index is -3.93. The molecule has 0 aromatic heterocycles. The highest BCUT2D eigenvalue weighted by atomic mass is 32.2. The summed E-state index contributed by atoms with van der Waals surface area (Å²) in [7, 11) is -3.93. The van der Waals surface area contributed by atoms with E-state index in [1.165, 1.54) is 49.4 Å². The molecule has 0 bridgehead atoms. The Bertz CT molecular complexity index is 993. The molecule has 162 valence electrons. The molecule has 1 atom stereocenters. The molecular weight excluding hydrogens is 411 g/mol. The molecule has 0 unspecified atom stereocenters. The summed E-state index contributed by atoms with van der Waals surface area (Å²) < 4.78 is 44.5. The highest BCUT2D eigenvalue weighted by molar-refractivity contribution is 7.92. The number of halogens is 1. The Morgan fingerprint density at radius 3 is 2.33 bits per heavy atom. The largest absolute Gasteiger partial charge is 0.462 e. The number of nitrogens with zero attached hydrogens (tertiary/aromatic N) is 1. The van der Waals surface area contributed by atoms with Crippen LogP contribution in [0.2, 0.25) is 0 Å². The number of para-hydroxylation sites is 1. The number of esters is 1. The number of rotatable bonds is 9. The predicted molar refractivity (Wildman–Crippen MR) is 113 cm³/mol. The fraction of sp³-hybridized carbons (Fsp3) is 0.333. The number of carbonyl (C=O) groups is 2. The fourth-order valence-electron chi connectivity index (χ4n) is 2.74. The number of sulfonamides is 1. The van der Waals surface area contributed by atoms with Gasteiger partial charge in [0.2, 0.25) is 15.9 Å². The van der Waals surface area contributed by atoms with Crippen molar-refractivity contribution < 1.29 is 27.1 Å². The van der Waals surface area contributed by atoms with Gasteiger partial charge in [-0.2, -0.15) is 0 Å². The zero-order valence-corrected chi connectivity index (χ0v) is 17.9. The summed E-state index contributed by atoms with van der Waals surface area (Å²) in [5.74, 6) is -1.87. The molecule has 0 saturated heterocycles. The predicted octanol–water partition coefficient (Wildman–Crippen LogP) is 3.58. The summed E-state index contributed by atoms with van der Waals surface area (Å²) >= 11 is 0. The second-order valence-electron chi connectivity index (χ2n) is 6.74. The molecule has 0 aliphatic heterocycles. The third-order valence-electron chi connectivity index (χ3n) is 4.30. The van der Waals surface area contributed by atoms with E-state index in [1.807, 2.05) is 6.92 Å². The van der Waals surface area contributed by atoms with E-state index in [-0.39, 0.29) is 5.69 Å². The van der Waals surface area contributed by atoms with Gasteiger partial charge >= 0.3 is 5.97 Å². The van der Waals surface area contributed by atoms with Crippen molar-refractivity contribution in [3.8, 4) is 0 Å². The van der Waals surface area contributed by atoms with Gasteiger partial charge in [0.1, 0.15) is 11.9 Å². The minimum Gasteiger partial charge on any atom is -0.462 e. The number of anilines is 2. The molecule has 2 rings (SSSR count). The first kappa shape index (κ1) is 23.3. The molecule has 7 nitrogen and oxygen atoms in total. The normalized spacial score (nSPS) is 12.1. The van der Waals surface area contributed by atoms with Gasteiger partial charge in [-0.1, -0.05) is 25.5 Å². The Hall–Kier alpha value is -2.94. The van der Waals surface area contributed by atoms with Crippen LogP contribution < -0.4 is 9.62 Å². The van der Waals surface area contributed by atoms with Crippen molar-refractivity contribution in [1.29, 1.82) is 0 Å². The van der Waals surface area contributed by atoms with E-state index >= 15 is 0 Å². The number of ether oxygens (including phenoxy) is 1. The Morgan fingerprint density at radius 1 is 1.13 bits per heavy atom. The first-order chi connectivity index (χ1) is 14.1. The first-order valence-corrected chi connectivity index (χ1v) is 11.3. The quantitative estimate of drug-likeness (QED) is 0.479. The number of amides is 1. The maximum atomic E-state index is 14.2. The number of hydrogen-bond donors (Lipinski definition) is 1. The molecule has 1 amide bonds. The van der Waals surface area contributed by atoms with Crippen LogP contribution in [0.25, 0.3) is 0 Å². The molecule has 0 saturated carbocycles. The summed E-state index contributed by atoms with van der Waals surface area (Å²) in [5.41, 5.74) is 0.480. The van der Waals surface area contributed by atoms with Crippen molar-refractivity contribution in [2.24, 2.45) is 0 Å². The SMILES string of the molecule is CCCCOC(=O)c1ccc(NC(=O)[C@H](C)N(c2ccccc2F)S(C)(=O)=O)cc1. The average molecular weight is 437 g/mol. The maximum Gasteiger partial charge on any atom is 0.338 e. The van der Waals surface area contributed by atoms with Crippen molar-refractivity contribution in [2.45, 2.75) is 32.7 Å². The van der Waals surface area contributed by atoms with E-state index in [1.54, 1.807) is 0 Å². The van der Waals surface area contributed by atoms with Gasteiger partial charge in [0, 0.05) is 5.69 Å². The number of unbranched alkanes of at least 4 members (excludes halogenated alkanes) is 1. The lowest BCUT2D eigenvalue weighted by Gasteiger charge is -2.28. The molecule has 1 N–H and O–H groups in total. The second-order valence-corrected chi connectivity index (χ2v) is 8.60. The van der Waals surface area contributed by atoms with E-state index in [2.05, 4.69) is 5.32 Å². The fourth-order valence-corrected chi connectivity index (χ4v) is 3.92. The van der Waals surface area contributed by atoms with Crippen molar-refractivity contribution in [2.75, 3.05) is 22.5 Å². The Balaban J connectivity index is 2.14. The van der Waals surface area contributed by atoms with E-state index in [0.29, 0.717) is 17.9 Å². The molecule has 0 aliphatic rings. The molecule has 0 aliphatic carbocycles. The zero-order valence-electron chi connectivity index (χ0n) is 17.1. The lowest BCUT2D eigenvalue weighted by Crippen LogP contribution is -2.45. The van der Waals surface area contributed by atoms with Crippen LogP contribution in [0.1, 0.15) is 37.0 Å². The minimum absolute atomic E-state index is 0.215. The van der Waals surface area contributed by atoms with Gasteiger partial charge in [0.25, 0.3) is 0 Å². The van der Waals surface area contributed by atoms with Gasteiger partial charge in [-0.05, 0) is 49.7 Å². The van der Waals surface area contributed by atoms with E-state index < -0.39 is 33.8 Å². The maximum absolute atomic E-state index is 14.2. The zero-order chi connectivity index (χ0) is 22.3. The molecule has 0 spiro atoms. The molecular formula is C21H25FN2O5S. The average Bonchev–Trinajstić information content (AvgIpc) is 2.69. The summed E-state index contributed by atoms with van der Waals surface area (Å²) in [6.07, 6.45) is 2.59. The summed E-state index contributed by atoms with van der Waals surface area (Å²) in [6, 6.07) is 10.1. The number of carbonyl (C=O) groups excluding carboxylic acids is 2. The van der Waals surface area contributed by atoms with Crippen LogP contribution in [0.5, 0.6) is 0 Å². The van der Waals surface area contributed by atoms with E-state index in [9.17, 15) is 22.4 Å². The molecule has 0 fully saturated rings. The van der Waals surface area contributed by atoms with Gasteiger partial charge in [-0.3, -0.25) is 9.10 Å². The standard InChI is InChI=1S/C21H25FN2O5S/c1-4-5-14-29-21(26)16-10-12-17(13-11-16)23-20(25)15(2)24(30(3,27)28)19-9-7-6-8-18(19)22/h6-13,15H,4-5,14H2,1-3H3,(H,23,25)/t15-/m0/s1. The van der Waals surface area contributed by atoms with Crippen LogP contribution in [-0.2, 0) is 19.6 Å². The second kappa shape index (κ2) is 10.2. The summed E-state index contributed by atoms with van der Waals surface area (Å²) in [4.78, 5) is 24.6. The van der Waals surface area contributed by atoms with Crippen LogP contribution >= 0.6 is 0 Å². The van der Waals surface area contributed by atoms with Gasteiger partial charge in [0.05, 0.1) is 24.1 Å². The third kappa shape index (κ3) is 6.03. The molecule has 0 heterocycles. The molecule has 2 aromatic rings. The van der Waals surface area contributed by atoms with Crippen LogP contribution in [0.3, 0.4) is 0 Å². The first-order valence-electron chi connectivity index (χ1n) is 9.47. The van der Waals surface area contributed by atoms with Crippen molar-refractivity contribution in [3.63, 3.8) is 0 Å². The highest BCUT2D eigenvalue weighted by Crippen LogP contribution is 2.24. The van der Waals surface area contributed by atoms with Crippen molar-refractivity contribution in [3.05, 3.63) is 59.9 Å². The molecule has 9 heteroatoms. The van der Waals surface area contributed by atoms with Gasteiger partial charge in [-0.15, -0.1) is 0 Å². The Kier molecular flexibility index (Phi) is 7.93. The van der Waals surface area contributed by atoms with Crippen LogP contribution in [0.15, 0.2) is 48.5 Å². The Morgan fingerprint density at radius 2 is 1.77 bits per heavy atom. The molecule has 30 heavy (non-hydrogen) atoms. The lowest BCUT2D eigenvalue weighted by atomic mass is 10.2. The van der Waals surface area contributed by atoms with E-state index in [4.69, 9.17) is 4.74 Å². The van der Waals surface area contributed by atoms with Crippen LogP contribution in [-0.4, -0.2) is 39.2 Å². The van der Waals surface area contributed by atoms with Crippen molar-refractivity contribution >= 4 is 33.3 Å². The topological polar surface area (TPSA) is 92.8 Å². The van der Waals surface area contributed by atoms with Crippen LogP contribution in [0.4, 0.5) is 15.8 Å². The Labute approximate surface area is 175 Å². The van der Waals surface area contributed by atoms with Gasteiger partial charge in [-0.25, -0.2) is 17.6 Å². The number of hydrogen-bond acceptors (Lipinski definition) is 5. The smallest absolute Gasteiger partial charge is 0.338 e. The number of benzene rings is 2. The molecule has 2 aromatic carbocycles. The third-order valence-corrected chi connectivity index (χ3v) is 5.53. The lowest BCUT2D eigenvalue weighted by molar-refractivity contribution is -0.116. The number of nitrogens with one attached hydrogen (secondary N) is 1. The van der Waals surface area contributed by atoms with Crippen LogP contribution in [0, 0.1) is 5.82 Å². The molecule has 0 radical (unpaired) electrons. The highest BCUT2D eigenvalue weighted by Gasteiger charge is 2.31. The van der Waals surface area contributed by atoms with Crippen molar-refractivity contribution in [1.82, 2.24) is 0 Å². The van der Waals surface area contributed by atoms with E-state index in [0.717, 1.165) is 29.5 Å². The van der Waals surface area contributed by atoms with Gasteiger partial charge < -0.3 is 10.1 Å². The summed E-state index contributed by atoms with van der Waals surface area (Å²) in [6.45, 7) is 3.69. The summed E-state index contributed by atoms with van der Waals surface area (Å²) in [5, 5.41) is 2.58. The monoisotopic (exact) mass is 436 g/mol.